The second-order valence-electron chi connectivity index (χ2n) is 4.14. The molecule has 7 heteroatoms. The number of amides is 2. The number of rotatable bonds is 3. The van der Waals surface area contributed by atoms with Gasteiger partial charge in [-0.05, 0) is 46.3 Å². The van der Waals surface area contributed by atoms with Crippen molar-refractivity contribution in [3.63, 3.8) is 0 Å². The van der Waals surface area contributed by atoms with Gasteiger partial charge in [0.2, 0.25) is 5.91 Å². The van der Waals surface area contributed by atoms with Crippen molar-refractivity contribution in [3.8, 4) is 0 Å². The van der Waals surface area contributed by atoms with Crippen molar-refractivity contribution in [3.05, 3.63) is 62.8 Å². The molecule has 0 spiro atoms. The number of anilines is 1. The van der Waals surface area contributed by atoms with Gasteiger partial charge in [0, 0.05) is 15.6 Å². The molecule has 2 aromatic carbocycles. The van der Waals surface area contributed by atoms with Gasteiger partial charge in [-0.15, -0.1) is 0 Å². The van der Waals surface area contributed by atoms with Gasteiger partial charge in [-0.25, -0.2) is 4.39 Å². The van der Waals surface area contributed by atoms with Crippen molar-refractivity contribution in [2.75, 3.05) is 5.32 Å². The minimum Gasteiger partial charge on any atom is -0.366 e. The Morgan fingerprint density at radius 1 is 1.19 bits per heavy atom. The van der Waals surface area contributed by atoms with Crippen molar-refractivity contribution in [2.45, 2.75) is 0 Å². The molecule has 0 bridgehead atoms. The topological polar surface area (TPSA) is 72.2 Å². The number of nitrogens with one attached hydrogen (secondary N) is 1. The van der Waals surface area contributed by atoms with Crippen molar-refractivity contribution < 1.29 is 14.0 Å². The van der Waals surface area contributed by atoms with Crippen LogP contribution in [0, 0.1) is 5.82 Å². The molecule has 0 radical (unpaired) electrons. The first kappa shape index (κ1) is 15.5. The summed E-state index contributed by atoms with van der Waals surface area (Å²) in [6.07, 6.45) is 0. The van der Waals surface area contributed by atoms with Crippen LogP contribution < -0.4 is 11.1 Å². The van der Waals surface area contributed by atoms with Gasteiger partial charge in [0.25, 0.3) is 5.91 Å². The highest BCUT2D eigenvalue weighted by molar-refractivity contribution is 9.10. The van der Waals surface area contributed by atoms with Crippen LogP contribution in [0.2, 0.25) is 5.02 Å². The molecule has 2 rings (SSSR count). The molecule has 0 saturated heterocycles. The summed E-state index contributed by atoms with van der Waals surface area (Å²) in [4.78, 5) is 23.2. The van der Waals surface area contributed by atoms with Gasteiger partial charge in [0.1, 0.15) is 5.82 Å². The molecule has 21 heavy (non-hydrogen) atoms. The molecule has 2 amide bonds. The summed E-state index contributed by atoms with van der Waals surface area (Å²) in [5.41, 5.74) is 5.85. The molecule has 0 unspecified atom stereocenters. The van der Waals surface area contributed by atoms with Crippen LogP contribution in [0.5, 0.6) is 0 Å². The summed E-state index contributed by atoms with van der Waals surface area (Å²) >= 11 is 9.01. The molecule has 0 aromatic heterocycles. The average Bonchev–Trinajstić information content (AvgIpc) is 2.42. The molecule has 0 aliphatic heterocycles. The fraction of sp³-hybridized carbons (Fsp3) is 0. The third-order valence-corrected chi connectivity index (χ3v) is 3.58. The molecule has 2 aromatic rings. The molecular formula is C14H9BrClFN2O2. The van der Waals surface area contributed by atoms with Gasteiger partial charge in [0.15, 0.2) is 0 Å². The van der Waals surface area contributed by atoms with Gasteiger partial charge < -0.3 is 11.1 Å². The van der Waals surface area contributed by atoms with Crippen LogP contribution in [0.25, 0.3) is 0 Å². The molecule has 0 aliphatic rings. The van der Waals surface area contributed by atoms with E-state index in [0.717, 1.165) is 6.07 Å². The molecule has 0 aliphatic carbocycles. The standard InChI is InChI=1S/C14H9BrClFN2O2/c15-10-5-9(17)6-11(16)12(10)19-14(21)8-3-1-2-7(4-8)13(18)20/h1-6H,(H2,18,20)(H,19,21). The lowest BCUT2D eigenvalue weighted by Gasteiger charge is -2.10. The van der Waals surface area contributed by atoms with Crippen LogP contribution >= 0.6 is 27.5 Å². The number of nitrogens with two attached hydrogens (primary N) is 1. The van der Waals surface area contributed by atoms with Gasteiger partial charge in [0.05, 0.1) is 10.7 Å². The molecule has 3 N–H and O–H groups in total. The molecule has 108 valence electrons. The predicted molar refractivity (Wildman–Crippen MR) is 82.0 cm³/mol. The maximum absolute atomic E-state index is 13.1. The lowest BCUT2D eigenvalue weighted by Crippen LogP contribution is -2.15. The maximum atomic E-state index is 13.1. The van der Waals surface area contributed by atoms with E-state index in [1.54, 1.807) is 0 Å². The fourth-order valence-electron chi connectivity index (χ4n) is 1.66. The summed E-state index contributed by atoms with van der Waals surface area (Å²) in [5, 5.41) is 2.61. The van der Waals surface area contributed by atoms with Crippen molar-refractivity contribution in [1.82, 2.24) is 0 Å². The molecule has 0 atom stereocenters. The van der Waals surface area contributed by atoms with Crippen LogP contribution in [0.4, 0.5) is 10.1 Å². The Bertz CT molecular complexity index is 714. The van der Waals surface area contributed by atoms with E-state index < -0.39 is 17.6 Å². The summed E-state index contributed by atoms with van der Waals surface area (Å²) < 4.78 is 13.4. The number of halogens is 3. The average molecular weight is 372 g/mol. The molecular weight excluding hydrogens is 363 g/mol. The van der Waals surface area contributed by atoms with E-state index in [9.17, 15) is 14.0 Å². The minimum absolute atomic E-state index is 0.0567. The van der Waals surface area contributed by atoms with E-state index in [2.05, 4.69) is 21.2 Å². The zero-order valence-electron chi connectivity index (χ0n) is 10.5. The first-order valence-corrected chi connectivity index (χ1v) is 6.91. The zero-order valence-corrected chi connectivity index (χ0v) is 12.8. The van der Waals surface area contributed by atoms with Gasteiger partial charge in [-0.2, -0.15) is 0 Å². The number of primary amides is 1. The summed E-state index contributed by atoms with van der Waals surface area (Å²) in [5.74, 6) is -1.65. The first-order chi connectivity index (χ1) is 9.88. The second-order valence-corrected chi connectivity index (χ2v) is 5.41. The van der Waals surface area contributed by atoms with Crippen LogP contribution in [-0.4, -0.2) is 11.8 Å². The zero-order chi connectivity index (χ0) is 15.6. The van der Waals surface area contributed by atoms with E-state index in [0.29, 0.717) is 4.47 Å². The Morgan fingerprint density at radius 3 is 2.48 bits per heavy atom. The van der Waals surface area contributed by atoms with E-state index in [-0.39, 0.29) is 21.8 Å². The SMILES string of the molecule is NC(=O)c1cccc(C(=O)Nc2c(Cl)cc(F)cc2Br)c1. The van der Waals surface area contributed by atoms with E-state index >= 15 is 0 Å². The Hall–Kier alpha value is -1.92. The lowest BCUT2D eigenvalue weighted by atomic mass is 10.1. The Kier molecular flexibility index (Phi) is 4.59. The summed E-state index contributed by atoms with van der Waals surface area (Å²) in [6, 6.07) is 8.19. The normalized spacial score (nSPS) is 10.2. The van der Waals surface area contributed by atoms with E-state index in [4.69, 9.17) is 17.3 Å². The van der Waals surface area contributed by atoms with Gasteiger partial charge in [-0.1, -0.05) is 17.7 Å². The number of carbonyl (C=O) groups is 2. The quantitative estimate of drug-likeness (QED) is 0.865. The third-order valence-electron chi connectivity index (χ3n) is 2.65. The van der Waals surface area contributed by atoms with Crippen LogP contribution in [0.3, 0.4) is 0 Å². The molecule has 0 saturated carbocycles. The summed E-state index contributed by atoms with van der Waals surface area (Å²) in [6.45, 7) is 0. The second kappa shape index (κ2) is 6.24. The monoisotopic (exact) mass is 370 g/mol. The smallest absolute Gasteiger partial charge is 0.255 e. The Balaban J connectivity index is 2.30. The molecule has 4 nitrogen and oxygen atoms in total. The van der Waals surface area contributed by atoms with Crippen LogP contribution in [0.15, 0.2) is 40.9 Å². The predicted octanol–water partition coefficient (Wildman–Crippen LogP) is 3.59. The van der Waals surface area contributed by atoms with E-state index in [1.807, 2.05) is 0 Å². The highest BCUT2D eigenvalue weighted by Crippen LogP contribution is 2.32. The minimum atomic E-state index is -0.634. The largest absolute Gasteiger partial charge is 0.366 e. The van der Waals surface area contributed by atoms with Gasteiger partial charge in [-0.3, -0.25) is 9.59 Å². The first-order valence-electron chi connectivity index (χ1n) is 5.74. The van der Waals surface area contributed by atoms with E-state index in [1.165, 1.54) is 30.3 Å². The summed E-state index contributed by atoms with van der Waals surface area (Å²) in [7, 11) is 0. The Labute approximate surface area is 133 Å². The number of hydrogen-bond acceptors (Lipinski definition) is 2. The lowest BCUT2D eigenvalue weighted by molar-refractivity contribution is 0.1000. The number of benzene rings is 2. The number of hydrogen-bond donors (Lipinski definition) is 2. The fourth-order valence-corrected chi connectivity index (χ4v) is 2.56. The third kappa shape index (κ3) is 3.59. The molecule has 0 fully saturated rings. The highest BCUT2D eigenvalue weighted by atomic mass is 79.9. The van der Waals surface area contributed by atoms with Crippen LogP contribution in [-0.2, 0) is 0 Å². The van der Waals surface area contributed by atoms with Crippen LogP contribution in [0.1, 0.15) is 20.7 Å². The van der Waals surface area contributed by atoms with Crippen molar-refractivity contribution >= 4 is 45.0 Å². The highest BCUT2D eigenvalue weighted by Gasteiger charge is 2.14. The van der Waals surface area contributed by atoms with Crippen molar-refractivity contribution in [1.29, 1.82) is 0 Å². The van der Waals surface area contributed by atoms with Crippen molar-refractivity contribution in [2.24, 2.45) is 5.73 Å². The number of carbonyl (C=O) groups excluding carboxylic acids is 2. The Morgan fingerprint density at radius 2 is 1.86 bits per heavy atom. The molecule has 0 heterocycles. The van der Waals surface area contributed by atoms with Gasteiger partial charge >= 0.3 is 0 Å². The maximum Gasteiger partial charge on any atom is 0.255 e.